The van der Waals surface area contributed by atoms with Crippen molar-refractivity contribution in [1.29, 1.82) is 0 Å². The van der Waals surface area contributed by atoms with Crippen molar-refractivity contribution in [2.45, 2.75) is 58.3 Å². The molecule has 1 unspecified atom stereocenters. The molecule has 7 nitrogen and oxygen atoms in total. The lowest BCUT2D eigenvalue weighted by Crippen LogP contribution is -2.57. The molecule has 1 heterocycles. The molecule has 1 aromatic heterocycles. The summed E-state index contributed by atoms with van der Waals surface area (Å²) in [5.74, 6) is -0.226. The number of benzene rings is 2. The molecule has 0 aliphatic heterocycles. The molecular formula is C29H37N5O2S. The zero-order chi connectivity index (χ0) is 27.2. The highest BCUT2D eigenvalue weighted by Gasteiger charge is 2.41. The van der Waals surface area contributed by atoms with Gasteiger partial charge in [-0.3, -0.25) is 9.59 Å². The number of carbonyl (C=O) groups is 2. The van der Waals surface area contributed by atoms with E-state index in [9.17, 15) is 9.59 Å². The van der Waals surface area contributed by atoms with Crippen LogP contribution in [0.25, 0.3) is 0 Å². The van der Waals surface area contributed by atoms with Crippen LogP contribution in [-0.2, 0) is 16.1 Å². The Labute approximate surface area is 224 Å². The molecule has 0 bridgehead atoms. The molecule has 0 saturated heterocycles. The molecule has 0 aliphatic rings. The Morgan fingerprint density at radius 1 is 0.973 bits per heavy atom. The highest BCUT2D eigenvalue weighted by Crippen LogP contribution is 2.28. The average Bonchev–Trinajstić information content (AvgIpc) is 2.86. The van der Waals surface area contributed by atoms with Gasteiger partial charge in [0.15, 0.2) is 5.16 Å². The van der Waals surface area contributed by atoms with Gasteiger partial charge in [0.05, 0.1) is 5.75 Å². The van der Waals surface area contributed by atoms with Crippen molar-refractivity contribution in [3.63, 3.8) is 0 Å². The standard InChI is InChI=1S/C29H37N5O2S/c1-8-29(5,27(36)32-24-13-15-25(16-14-24)33(6)7)34(18-23-12-10-9-11-20(23)2)26(35)19-37-28-30-21(3)17-22(4)31-28/h9-17H,8,18-19H2,1-7H3,(H,32,36). The number of aromatic nitrogens is 2. The molecule has 0 saturated carbocycles. The van der Waals surface area contributed by atoms with Gasteiger partial charge in [-0.2, -0.15) is 0 Å². The third-order valence-electron chi connectivity index (χ3n) is 6.59. The fourth-order valence-corrected chi connectivity index (χ4v) is 4.87. The molecule has 0 radical (unpaired) electrons. The van der Waals surface area contributed by atoms with Crippen molar-refractivity contribution < 1.29 is 9.59 Å². The predicted octanol–water partition coefficient (Wildman–Crippen LogP) is 5.40. The maximum Gasteiger partial charge on any atom is 0.250 e. The first-order chi connectivity index (χ1) is 17.5. The number of nitrogens with one attached hydrogen (secondary N) is 1. The van der Waals surface area contributed by atoms with Gasteiger partial charge in [0.1, 0.15) is 5.54 Å². The second-order valence-electron chi connectivity index (χ2n) is 9.65. The number of amides is 2. The van der Waals surface area contributed by atoms with Gasteiger partial charge >= 0.3 is 0 Å². The van der Waals surface area contributed by atoms with E-state index in [4.69, 9.17) is 0 Å². The van der Waals surface area contributed by atoms with Crippen molar-refractivity contribution in [2.75, 3.05) is 30.1 Å². The smallest absolute Gasteiger partial charge is 0.250 e. The molecule has 1 N–H and O–H groups in total. The van der Waals surface area contributed by atoms with Crippen molar-refractivity contribution in [1.82, 2.24) is 14.9 Å². The quantitative estimate of drug-likeness (QED) is 0.286. The monoisotopic (exact) mass is 519 g/mol. The van der Waals surface area contributed by atoms with Gasteiger partial charge in [-0.1, -0.05) is 43.0 Å². The molecule has 2 aromatic carbocycles. The SMILES string of the molecule is CCC(C)(C(=O)Nc1ccc(N(C)C)cc1)N(Cc1ccccc1C)C(=O)CSc1nc(C)cc(C)n1. The number of aryl methyl sites for hydroxylation is 3. The van der Waals surface area contributed by atoms with Crippen LogP contribution in [0.1, 0.15) is 42.8 Å². The largest absolute Gasteiger partial charge is 0.378 e. The number of hydrogen-bond acceptors (Lipinski definition) is 6. The minimum Gasteiger partial charge on any atom is -0.378 e. The second kappa shape index (κ2) is 12.2. The fraction of sp³-hybridized carbons (Fsp3) is 0.379. The molecule has 0 spiro atoms. The molecular weight excluding hydrogens is 482 g/mol. The van der Waals surface area contributed by atoms with Crippen LogP contribution in [0.5, 0.6) is 0 Å². The van der Waals surface area contributed by atoms with Crippen molar-refractivity contribution in [2.24, 2.45) is 0 Å². The van der Waals surface area contributed by atoms with Crippen molar-refractivity contribution in [3.8, 4) is 0 Å². The number of anilines is 2. The van der Waals surface area contributed by atoms with Gasteiger partial charge in [-0.15, -0.1) is 0 Å². The van der Waals surface area contributed by atoms with E-state index in [1.54, 1.807) is 4.90 Å². The van der Waals surface area contributed by atoms with Crippen molar-refractivity contribution in [3.05, 3.63) is 77.1 Å². The summed E-state index contributed by atoms with van der Waals surface area (Å²) in [4.78, 5) is 40.1. The topological polar surface area (TPSA) is 78.4 Å². The zero-order valence-electron chi connectivity index (χ0n) is 22.8. The summed E-state index contributed by atoms with van der Waals surface area (Å²) in [6, 6.07) is 17.5. The fourth-order valence-electron chi connectivity index (χ4n) is 4.04. The van der Waals surface area contributed by atoms with Gasteiger partial charge in [-0.05, 0) is 75.6 Å². The minimum atomic E-state index is -1.07. The lowest BCUT2D eigenvalue weighted by molar-refractivity contribution is -0.143. The maximum absolute atomic E-state index is 13.7. The lowest BCUT2D eigenvalue weighted by atomic mass is 9.93. The Bertz CT molecular complexity index is 1230. The second-order valence-corrected chi connectivity index (χ2v) is 10.6. The van der Waals surface area contributed by atoms with E-state index in [0.717, 1.165) is 28.2 Å². The van der Waals surface area contributed by atoms with Crippen LogP contribution >= 0.6 is 11.8 Å². The van der Waals surface area contributed by atoms with E-state index in [2.05, 4.69) is 15.3 Å². The van der Waals surface area contributed by atoms with Gasteiger partial charge in [0.2, 0.25) is 11.8 Å². The molecule has 37 heavy (non-hydrogen) atoms. The van der Waals surface area contributed by atoms with Gasteiger partial charge in [0, 0.05) is 43.4 Å². The van der Waals surface area contributed by atoms with Crippen LogP contribution in [0.3, 0.4) is 0 Å². The van der Waals surface area contributed by atoms with Gasteiger partial charge < -0.3 is 15.1 Å². The van der Waals surface area contributed by atoms with E-state index in [-0.39, 0.29) is 17.6 Å². The van der Waals surface area contributed by atoms with E-state index in [0.29, 0.717) is 23.8 Å². The third-order valence-corrected chi connectivity index (χ3v) is 7.42. The number of carbonyl (C=O) groups excluding carboxylic acids is 2. The lowest BCUT2D eigenvalue weighted by Gasteiger charge is -2.40. The number of hydrogen-bond donors (Lipinski definition) is 1. The summed E-state index contributed by atoms with van der Waals surface area (Å²) in [6.07, 6.45) is 0.455. The first kappa shape index (κ1) is 28.2. The highest BCUT2D eigenvalue weighted by atomic mass is 32.2. The van der Waals surface area contributed by atoms with Crippen LogP contribution < -0.4 is 10.2 Å². The molecule has 0 aliphatic carbocycles. The maximum atomic E-state index is 13.7. The van der Waals surface area contributed by atoms with Crippen LogP contribution in [-0.4, -0.2) is 52.1 Å². The Morgan fingerprint density at radius 2 is 1.59 bits per heavy atom. The Kier molecular flexibility index (Phi) is 9.32. The summed E-state index contributed by atoms with van der Waals surface area (Å²) in [6.45, 7) is 9.95. The van der Waals surface area contributed by atoms with E-state index in [1.165, 1.54) is 11.8 Å². The van der Waals surface area contributed by atoms with Crippen LogP contribution in [0.4, 0.5) is 11.4 Å². The molecule has 2 amide bonds. The highest BCUT2D eigenvalue weighted by molar-refractivity contribution is 7.99. The van der Waals surface area contributed by atoms with Crippen LogP contribution in [0.2, 0.25) is 0 Å². The Hall–Kier alpha value is -3.39. The van der Waals surface area contributed by atoms with Crippen molar-refractivity contribution >= 4 is 35.0 Å². The van der Waals surface area contributed by atoms with Crippen LogP contribution in [0.15, 0.2) is 59.8 Å². The van der Waals surface area contributed by atoms with E-state index < -0.39 is 5.54 Å². The Morgan fingerprint density at radius 3 is 2.16 bits per heavy atom. The summed E-state index contributed by atoms with van der Waals surface area (Å²) >= 11 is 1.30. The Balaban J connectivity index is 1.89. The average molecular weight is 520 g/mol. The minimum absolute atomic E-state index is 0.134. The van der Waals surface area contributed by atoms with Gasteiger partial charge in [-0.25, -0.2) is 9.97 Å². The summed E-state index contributed by atoms with van der Waals surface area (Å²) in [5, 5.41) is 3.60. The third kappa shape index (κ3) is 7.10. The van der Waals surface area contributed by atoms with Crippen LogP contribution in [0, 0.1) is 20.8 Å². The summed E-state index contributed by atoms with van der Waals surface area (Å²) in [5.41, 5.74) is 4.46. The van der Waals surface area contributed by atoms with E-state index in [1.807, 2.05) is 108 Å². The summed E-state index contributed by atoms with van der Waals surface area (Å²) in [7, 11) is 3.94. The number of nitrogens with zero attached hydrogens (tertiary/aromatic N) is 4. The number of rotatable bonds is 10. The van der Waals surface area contributed by atoms with Gasteiger partial charge in [0.25, 0.3) is 0 Å². The molecule has 3 aromatic rings. The number of thioether (sulfide) groups is 1. The first-order valence-corrected chi connectivity index (χ1v) is 13.4. The zero-order valence-corrected chi connectivity index (χ0v) is 23.6. The summed E-state index contributed by atoms with van der Waals surface area (Å²) < 4.78 is 0. The molecule has 3 rings (SSSR count). The predicted molar refractivity (Wildman–Crippen MR) is 152 cm³/mol. The molecule has 1 atom stereocenters. The molecule has 8 heteroatoms. The normalized spacial score (nSPS) is 12.5. The molecule has 196 valence electrons. The first-order valence-electron chi connectivity index (χ1n) is 12.4. The van der Waals surface area contributed by atoms with E-state index >= 15 is 0 Å². The molecule has 0 fully saturated rings.